The molecule has 0 aliphatic rings. The van der Waals surface area contributed by atoms with Crippen molar-refractivity contribution >= 4 is 31.6 Å². The smallest absolute Gasteiger partial charge is 0.264 e. The van der Waals surface area contributed by atoms with Crippen LogP contribution in [0.4, 0.5) is 5.69 Å². The molecule has 0 atom stereocenters. The summed E-state index contributed by atoms with van der Waals surface area (Å²) in [7, 11) is -2.93. The molecule has 3 rings (SSSR count). The van der Waals surface area contributed by atoms with Gasteiger partial charge >= 0.3 is 0 Å². The molecule has 0 saturated carbocycles. The molecule has 35 heavy (non-hydrogen) atoms. The van der Waals surface area contributed by atoms with E-state index in [-0.39, 0.29) is 28.8 Å². The number of anilines is 1. The van der Waals surface area contributed by atoms with Gasteiger partial charge in [-0.2, -0.15) is 0 Å². The van der Waals surface area contributed by atoms with Crippen LogP contribution in [0.2, 0.25) is 0 Å². The Morgan fingerprint density at radius 3 is 2.06 bits per heavy atom. The maximum atomic E-state index is 12.8. The van der Waals surface area contributed by atoms with Crippen LogP contribution in [-0.2, 0) is 20.0 Å². The first-order valence-corrected chi connectivity index (χ1v) is 13.5. The van der Waals surface area contributed by atoms with Gasteiger partial charge in [-0.3, -0.25) is 9.10 Å². The molecule has 1 amide bonds. The van der Waals surface area contributed by atoms with E-state index >= 15 is 0 Å². The molecule has 9 nitrogen and oxygen atoms in total. The predicted molar refractivity (Wildman–Crippen MR) is 134 cm³/mol. The van der Waals surface area contributed by atoms with E-state index in [1.807, 2.05) is 0 Å². The number of hydrogen-bond donors (Lipinski definition) is 1. The number of rotatable bonds is 10. The minimum absolute atomic E-state index is 0.154. The first kappa shape index (κ1) is 26.2. The van der Waals surface area contributed by atoms with Crippen molar-refractivity contribution in [2.75, 3.05) is 38.6 Å². The van der Waals surface area contributed by atoms with Gasteiger partial charge in [0.1, 0.15) is 12.4 Å². The lowest BCUT2D eigenvalue weighted by atomic mass is 10.2. The summed E-state index contributed by atoms with van der Waals surface area (Å²) in [6.07, 6.45) is 0. The van der Waals surface area contributed by atoms with Crippen molar-refractivity contribution in [3.05, 3.63) is 84.4 Å². The highest BCUT2D eigenvalue weighted by Crippen LogP contribution is 2.23. The van der Waals surface area contributed by atoms with Crippen LogP contribution in [-0.4, -0.2) is 61.3 Å². The molecule has 186 valence electrons. The molecule has 0 spiro atoms. The number of sulfonamides is 2. The lowest BCUT2D eigenvalue weighted by Gasteiger charge is -2.20. The summed E-state index contributed by atoms with van der Waals surface area (Å²) in [4.78, 5) is 12.9. The minimum atomic E-state index is -3.76. The highest BCUT2D eigenvalue weighted by molar-refractivity contribution is 7.92. The van der Waals surface area contributed by atoms with Gasteiger partial charge in [0.2, 0.25) is 10.0 Å². The van der Waals surface area contributed by atoms with Crippen molar-refractivity contribution in [3.63, 3.8) is 0 Å². The lowest BCUT2D eigenvalue weighted by Crippen LogP contribution is -2.29. The fourth-order valence-electron chi connectivity index (χ4n) is 3.09. The van der Waals surface area contributed by atoms with E-state index in [0.29, 0.717) is 17.0 Å². The van der Waals surface area contributed by atoms with Crippen molar-refractivity contribution in [3.8, 4) is 5.75 Å². The van der Waals surface area contributed by atoms with Crippen LogP contribution < -0.4 is 14.4 Å². The normalized spacial score (nSPS) is 11.8. The third-order valence-electron chi connectivity index (χ3n) is 5.13. The topological polar surface area (TPSA) is 113 Å². The van der Waals surface area contributed by atoms with E-state index in [9.17, 15) is 21.6 Å². The molecule has 0 aliphatic carbocycles. The Hall–Kier alpha value is -3.41. The zero-order valence-corrected chi connectivity index (χ0v) is 21.2. The van der Waals surface area contributed by atoms with Crippen LogP contribution in [0.15, 0.2) is 88.7 Å². The summed E-state index contributed by atoms with van der Waals surface area (Å²) in [5, 5.41) is 2.72. The second kappa shape index (κ2) is 10.9. The Kier molecular flexibility index (Phi) is 8.15. The first-order chi connectivity index (χ1) is 16.5. The molecule has 0 fully saturated rings. The number of carbonyl (C=O) groups is 1. The summed E-state index contributed by atoms with van der Waals surface area (Å²) in [5.74, 6) is 0.0834. The van der Waals surface area contributed by atoms with Crippen LogP contribution in [0.25, 0.3) is 0 Å². The largest absolute Gasteiger partial charge is 0.492 e. The fourth-order valence-corrected chi connectivity index (χ4v) is 5.20. The average molecular weight is 518 g/mol. The number of ether oxygens (including phenoxy) is 1. The molecule has 0 heterocycles. The van der Waals surface area contributed by atoms with E-state index in [2.05, 4.69) is 5.32 Å². The molecular formula is C24H27N3O6S2. The Bertz CT molecular complexity index is 1370. The number of nitrogens with zero attached hydrogens (tertiary/aromatic N) is 2. The molecule has 3 aromatic rings. The van der Waals surface area contributed by atoms with Gasteiger partial charge in [-0.1, -0.05) is 24.3 Å². The van der Waals surface area contributed by atoms with Crippen molar-refractivity contribution in [1.82, 2.24) is 9.62 Å². The third kappa shape index (κ3) is 6.18. The van der Waals surface area contributed by atoms with Gasteiger partial charge in [-0.25, -0.2) is 21.1 Å². The molecule has 1 N–H and O–H groups in total. The maximum Gasteiger partial charge on any atom is 0.264 e. The zero-order chi connectivity index (χ0) is 25.6. The van der Waals surface area contributed by atoms with Crippen LogP contribution in [0, 0.1) is 0 Å². The highest BCUT2D eigenvalue weighted by Gasteiger charge is 2.21. The molecule has 0 bridgehead atoms. The van der Waals surface area contributed by atoms with Crippen LogP contribution >= 0.6 is 0 Å². The van der Waals surface area contributed by atoms with E-state index in [4.69, 9.17) is 4.74 Å². The van der Waals surface area contributed by atoms with E-state index in [1.165, 1.54) is 51.5 Å². The summed E-state index contributed by atoms with van der Waals surface area (Å²) >= 11 is 0. The Labute approximate surface area is 206 Å². The summed E-state index contributed by atoms with van der Waals surface area (Å²) < 4.78 is 57.7. The quantitative estimate of drug-likeness (QED) is 0.414. The van der Waals surface area contributed by atoms with Gasteiger partial charge in [0.15, 0.2) is 0 Å². The Morgan fingerprint density at radius 1 is 0.800 bits per heavy atom. The first-order valence-electron chi connectivity index (χ1n) is 10.6. The zero-order valence-electron chi connectivity index (χ0n) is 19.6. The summed E-state index contributed by atoms with van der Waals surface area (Å²) in [5.41, 5.74) is 0.654. The van der Waals surface area contributed by atoms with Gasteiger partial charge in [0, 0.05) is 26.7 Å². The minimum Gasteiger partial charge on any atom is -0.492 e. The van der Waals surface area contributed by atoms with E-state index < -0.39 is 20.0 Å². The standard InChI is InChI=1S/C24H27N3O6S2/c1-26(2)34(29,30)23-14-12-21(13-15-23)33-17-16-25-24(28)19-8-7-9-20(18-19)27(3)35(31,32)22-10-5-4-6-11-22/h4-15,18H,16-17H2,1-3H3,(H,25,28). The monoisotopic (exact) mass is 517 g/mol. The van der Waals surface area contributed by atoms with E-state index in [0.717, 1.165) is 8.61 Å². The lowest BCUT2D eigenvalue weighted by molar-refractivity contribution is 0.0947. The number of carbonyl (C=O) groups excluding carboxylic acids is 1. The number of hydrogen-bond acceptors (Lipinski definition) is 6. The highest BCUT2D eigenvalue weighted by atomic mass is 32.2. The Morgan fingerprint density at radius 2 is 1.43 bits per heavy atom. The van der Waals surface area contributed by atoms with Crippen molar-refractivity contribution in [2.45, 2.75) is 9.79 Å². The molecule has 0 saturated heterocycles. The molecular weight excluding hydrogens is 490 g/mol. The van der Waals surface area contributed by atoms with Crippen LogP contribution in [0.1, 0.15) is 10.4 Å². The summed E-state index contributed by atoms with van der Waals surface area (Å²) in [6, 6.07) is 20.4. The summed E-state index contributed by atoms with van der Waals surface area (Å²) in [6.45, 7) is 0.354. The molecule has 0 aromatic heterocycles. The SMILES string of the molecule is CN(C)S(=O)(=O)c1ccc(OCCNC(=O)c2cccc(N(C)S(=O)(=O)c3ccccc3)c2)cc1. The van der Waals surface area contributed by atoms with E-state index in [1.54, 1.807) is 48.5 Å². The second-order valence-corrected chi connectivity index (χ2v) is 11.8. The molecule has 11 heteroatoms. The second-order valence-electron chi connectivity index (χ2n) is 7.70. The van der Waals surface area contributed by atoms with Crippen molar-refractivity contribution < 1.29 is 26.4 Å². The van der Waals surface area contributed by atoms with Crippen molar-refractivity contribution in [1.29, 1.82) is 0 Å². The molecule has 0 aliphatic heterocycles. The van der Waals surface area contributed by atoms with Gasteiger partial charge < -0.3 is 10.1 Å². The molecule has 3 aromatic carbocycles. The predicted octanol–water partition coefficient (Wildman–Crippen LogP) is 2.57. The van der Waals surface area contributed by atoms with Gasteiger partial charge in [0.05, 0.1) is 22.0 Å². The Balaban J connectivity index is 1.57. The van der Waals surface area contributed by atoms with Gasteiger partial charge in [-0.05, 0) is 54.6 Å². The van der Waals surface area contributed by atoms with Crippen LogP contribution in [0.5, 0.6) is 5.75 Å². The van der Waals surface area contributed by atoms with Crippen molar-refractivity contribution in [2.24, 2.45) is 0 Å². The number of amides is 1. The fraction of sp³-hybridized carbons (Fsp3) is 0.208. The number of nitrogens with one attached hydrogen (secondary N) is 1. The van der Waals surface area contributed by atoms with Gasteiger partial charge in [-0.15, -0.1) is 0 Å². The maximum absolute atomic E-state index is 12.8. The average Bonchev–Trinajstić information content (AvgIpc) is 2.86. The molecule has 0 radical (unpaired) electrons. The third-order valence-corrected chi connectivity index (χ3v) is 8.76. The van der Waals surface area contributed by atoms with Crippen LogP contribution in [0.3, 0.4) is 0 Å². The van der Waals surface area contributed by atoms with Gasteiger partial charge in [0.25, 0.3) is 15.9 Å². The molecule has 0 unspecified atom stereocenters. The number of benzene rings is 3.